The molecular formula is C26H21ClN2O5. The van der Waals surface area contributed by atoms with E-state index in [1.165, 1.54) is 4.90 Å². The van der Waals surface area contributed by atoms with Gasteiger partial charge in [0, 0.05) is 5.56 Å². The van der Waals surface area contributed by atoms with Gasteiger partial charge < -0.3 is 14.4 Å². The summed E-state index contributed by atoms with van der Waals surface area (Å²) in [4.78, 5) is 25.6. The normalized spacial score (nSPS) is 10.7. The van der Waals surface area contributed by atoms with Gasteiger partial charge in [-0.05, 0) is 49.2 Å². The van der Waals surface area contributed by atoms with Gasteiger partial charge in [0.2, 0.25) is 0 Å². The van der Waals surface area contributed by atoms with E-state index in [1.807, 2.05) is 30.3 Å². The Morgan fingerprint density at radius 3 is 2.38 bits per heavy atom. The number of amides is 1. The molecule has 1 N–H and O–H groups in total. The molecule has 0 bridgehead atoms. The van der Waals surface area contributed by atoms with E-state index in [0.29, 0.717) is 33.4 Å². The number of hydrogen-bond acceptors (Lipinski definition) is 5. The highest BCUT2D eigenvalue weighted by Crippen LogP contribution is 2.40. The van der Waals surface area contributed by atoms with Crippen LogP contribution in [0.5, 0.6) is 0 Å². The maximum Gasteiger partial charge on any atom is 0.419 e. The van der Waals surface area contributed by atoms with Crippen molar-refractivity contribution in [1.82, 2.24) is 5.16 Å². The van der Waals surface area contributed by atoms with E-state index in [4.69, 9.17) is 20.9 Å². The number of anilines is 2. The van der Waals surface area contributed by atoms with Gasteiger partial charge in [-0.1, -0.05) is 65.3 Å². The van der Waals surface area contributed by atoms with Crippen LogP contribution < -0.4 is 4.90 Å². The number of nitrogens with zero attached hydrogens (tertiary/aromatic N) is 2. The molecule has 0 unspecified atom stereocenters. The fourth-order valence-corrected chi connectivity index (χ4v) is 3.82. The Kier molecular flexibility index (Phi) is 6.65. The van der Waals surface area contributed by atoms with E-state index in [9.17, 15) is 14.7 Å². The molecule has 3 aromatic carbocycles. The lowest BCUT2D eigenvalue weighted by Crippen LogP contribution is -2.27. The van der Waals surface area contributed by atoms with Crippen LogP contribution in [0.25, 0.3) is 22.4 Å². The number of carboxylic acids is 1. The van der Waals surface area contributed by atoms with Crippen molar-refractivity contribution in [3.8, 4) is 22.4 Å². The molecule has 4 aromatic rings. The van der Waals surface area contributed by atoms with Crippen LogP contribution in [0.1, 0.15) is 23.0 Å². The molecule has 1 amide bonds. The summed E-state index contributed by atoms with van der Waals surface area (Å²) in [5, 5.41) is 13.8. The monoisotopic (exact) mass is 476 g/mol. The van der Waals surface area contributed by atoms with Gasteiger partial charge in [-0.3, -0.25) is 0 Å². The lowest BCUT2D eigenvalue weighted by molar-refractivity contribution is 0.0697. The summed E-state index contributed by atoms with van der Waals surface area (Å²) in [7, 11) is 0. The molecule has 0 aliphatic heterocycles. The second-order valence-corrected chi connectivity index (χ2v) is 7.79. The number of hydrogen-bond donors (Lipinski definition) is 1. The third-order valence-electron chi connectivity index (χ3n) is 5.20. The standard InChI is InChI=1S/C26H21ClN2O5/c1-3-33-26(32)29(22-10-5-4-9-21(22)27)24-16(2)34-28-23(24)18-13-11-17(12-14-18)19-7-6-8-20(15-19)25(30)31/h4-15H,3H2,1-2H3,(H,30,31). The quantitative estimate of drug-likeness (QED) is 0.323. The highest BCUT2D eigenvalue weighted by atomic mass is 35.5. The molecule has 0 aliphatic carbocycles. The first-order valence-corrected chi connectivity index (χ1v) is 10.9. The first-order valence-electron chi connectivity index (χ1n) is 10.5. The molecule has 7 nitrogen and oxygen atoms in total. The number of carbonyl (C=O) groups is 2. The lowest BCUT2D eigenvalue weighted by Gasteiger charge is -2.23. The summed E-state index contributed by atoms with van der Waals surface area (Å²) < 4.78 is 10.8. The van der Waals surface area contributed by atoms with Crippen LogP contribution in [0.15, 0.2) is 77.3 Å². The number of aromatic nitrogens is 1. The Hall–Kier alpha value is -4.10. The summed E-state index contributed by atoms with van der Waals surface area (Å²) in [5.74, 6) is -0.568. The van der Waals surface area contributed by atoms with Crippen molar-refractivity contribution in [2.75, 3.05) is 11.5 Å². The van der Waals surface area contributed by atoms with E-state index in [2.05, 4.69) is 5.16 Å². The van der Waals surface area contributed by atoms with Crippen molar-refractivity contribution in [2.24, 2.45) is 0 Å². The van der Waals surface area contributed by atoms with Crippen LogP contribution in [-0.4, -0.2) is 28.9 Å². The first kappa shape index (κ1) is 23.1. The molecule has 0 fully saturated rings. The van der Waals surface area contributed by atoms with Crippen molar-refractivity contribution in [3.05, 3.63) is 89.1 Å². The van der Waals surface area contributed by atoms with Crippen molar-refractivity contribution < 1.29 is 24.0 Å². The topological polar surface area (TPSA) is 92.9 Å². The lowest BCUT2D eigenvalue weighted by atomic mass is 10.0. The van der Waals surface area contributed by atoms with Crippen LogP contribution in [0.2, 0.25) is 5.02 Å². The molecule has 8 heteroatoms. The van der Waals surface area contributed by atoms with Gasteiger partial charge in [0.05, 0.1) is 22.9 Å². The van der Waals surface area contributed by atoms with E-state index >= 15 is 0 Å². The van der Waals surface area contributed by atoms with Gasteiger partial charge in [-0.2, -0.15) is 0 Å². The molecule has 0 aliphatic rings. The van der Waals surface area contributed by atoms with Crippen molar-refractivity contribution >= 4 is 35.0 Å². The molecule has 0 saturated carbocycles. The van der Waals surface area contributed by atoms with Gasteiger partial charge in [0.1, 0.15) is 11.4 Å². The highest BCUT2D eigenvalue weighted by Gasteiger charge is 2.29. The minimum absolute atomic E-state index is 0.184. The van der Waals surface area contributed by atoms with Crippen LogP contribution in [0.3, 0.4) is 0 Å². The van der Waals surface area contributed by atoms with Crippen LogP contribution >= 0.6 is 11.6 Å². The minimum atomic E-state index is -0.986. The Balaban J connectivity index is 1.77. The second kappa shape index (κ2) is 9.80. The van der Waals surface area contributed by atoms with Crippen LogP contribution in [0, 0.1) is 6.92 Å². The number of ether oxygens (including phenoxy) is 1. The summed E-state index contributed by atoms with van der Waals surface area (Å²) >= 11 is 6.41. The summed E-state index contributed by atoms with van der Waals surface area (Å²) in [5.41, 5.74) is 3.82. The van der Waals surface area contributed by atoms with Crippen molar-refractivity contribution in [2.45, 2.75) is 13.8 Å². The van der Waals surface area contributed by atoms with Gasteiger partial charge in [0.15, 0.2) is 5.76 Å². The van der Waals surface area contributed by atoms with E-state index in [-0.39, 0.29) is 12.2 Å². The molecule has 0 radical (unpaired) electrons. The van der Waals surface area contributed by atoms with Crippen molar-refractivity contribution in [1.29, 1.82) is 0 Å². The van der Waals surface area contributed by atoms with Crippen molar-refractivity contribution in [3.63, 3.8) is 0 Å². The molecule has 0 atom stereocenters. The number of para-hydroxylation sites is 1. The van der Waals surface area contributed by atoms with E-state index < -0.39 is 12.1 Å². The first-order chi connectivity index (χ1) is 16.4. The maximum atomic E-state index is 13.0. The smallest absolute Gasteiger partial charge is 0.419 e. The number of benzene rings is 3. The highest BCUT2D eigenvalue weighted by molar-refractivity contribution is 6.34. The SMILES string of the molecule is CCOC(=O)N(c1ccccc1Cl)c1c(-c2ccc(-c3cccc(C(=O)O)c3)cc2)noc1C. The number of aryl methyl sites for hydroxylation is 1. The zero-order valence-electron chi connectivity index (χ0n) is 18.5. The maximum absolute atomic E-state index is 13.0. The number of carbonyl (C=O) groups excluding carboxylic acids is 1. The second-order valence-electron chi connectivity index (χ2n) is 7.39. The molecule has 34 heavy (non-hydrogen) atoms. The molecule has 1 aromatic heterocycles. The number of carboxylic acid groups (broad SMARTS) is 1. The number of aromatic carboxylic acids is 1. The fourth-order valence-electron chi connectivity index (χ4n) is 3.60. The molecule has 4 rings (SSSR count). The van der Waals surface area contributed by atoms with Crippen LogP contribution in [-0.2, 0) is 4.74 Å². The summed E-state index contributed by atoms with van der Waals surface area (Å²) in [6.07, 6.45) is -0.606. The predicted molar refractivity (Wildman–Crippen MR) is 130 cm³/mol. The fraction of sp³-hybridized carbons (Fsp3) is 0.115. The Labute approximate surface area is 201 Å². The third-order valence-corrected chi connectivity index (χ3v) is 5.52. The molecule has 0 spiro atoms. The Bertz CT molecular complexity index is 1350. The van der Waals surface area contributed by atoms with Gasteiger partial charge in [-0.15, -0.1) is 0 Å². The van der Waals surface area contributed by atoms with E-state index in [1.54, 1.807) is 56.3 Å². The summed E-state index contributed by atoms with van der Waals surface area (Å²) in [6.45, 7) is 3.62. The molecular weight excluding hydrogens is 456 g/mol. The van der Waals surface area contributed by atoms with Gasteiger partial charge in [0.25, 0.3) is 0 Å². The average molecular weight is 477 g/mol. The largest absolute Gasteiger partial charge is 0.478 e. The zero-order chi connectivity index (χ0) is 24.2. The van der Waals surface area contributed by atoms with Gasteiger partial charge in [-0.25, -0.2) is 14.5 Å². The number of rotatable bonds is 6. The summed E-state index contributed by atoms with van der Waals surface area (Å²) in [6, 6.07) is 21.0. The average Bonchev–Trinajstić information content (AvgIpc) is 3.22. The Morgan fingerprint density at radius 1 is 1.00 bits per heavy atom. The third kappa shape index (κ3) is 4.51. The number of halogens is 1. The molecule has 1 heterocycles. The Morgan fingerprint density at radius 2 is 1.71 bits per heavy atom. The van der Waals surface area contributed by atoms with E-state index in [0.717, 1.165) is 11.1 Å². The molecule has 172 valence electrons. The predicted octanol–water partition coefficient (Wildman–Crippen LogP) is 6.96. The zero-order valence-corrected chi connectivity index (χ0v) is 19.2. The molecule has 0 saturated heterocycles. The van der Waals surface area contributed by atoms with Gasteiger partial charge >= 0.3 is 12.1 Å². The van der Waals surface area contributed by atoms with Crippen LogP contribution in [0.4, 0.5) is 16.2 Å². The minimum Gasteiger partial charge on any atom is -0.478 e.